The van der Waals surface area contributed by atoms with Crippen LogP contribution in [0.15, 0.2) is 34.9 Å². The van der Waals surface area contributed by atoms with E-state index in [2.05, 4.69) is 26.3 Å². The molecule has 1 heterocycles. The molecule has 0 unspecified atom stereocenters. The lowest BCUT2D eigenvalue weighted by atomic mass is 10.2. The third-order valence-corrected chi connectivity index (χ3v) is 3.96. The molecule has 1 aromatic carbocycles. The van der Waals surface area contributed by atoms with Gasteiger partial charge in [0.05, 0.1) is 23.1 Å². The van der Waals surface area contributed by atoms with Gasteiger partial charge in [-0.05, 0) is 50.1 Å². The number of hydrogen-bond donors (Lipinski definition) is 2. The molecule has 1 amide bonds. The van der Waals surface area contributed by atoms with Gasteiger partial charge >= 0.3 is 0 Å². The summed E-state index contributed by atoms with van der Waals surface area (Å²) >= 11 is 3.42. The molecule has 3 N–H and O–H groups in total. The monoisotopic (exact) mass is 400 g/mol. The fourth-order valence-electron chi connectivity index (χ4n) is 2.27. The van der Waals surface area contributed by atoms with Gasteiger partial charge in [0.15, 0.2) is 0 Å². The van der Waals surface area contributed by atoms with Crippen molar-refractivity contribution in [3.63, 3.8) is 0 Å². The largest absolute Gasteiger partial charge is 0.352 e. The highest BCUT2D eigenvalue weighted by Gasteiger charge is 2.16. The van der Waals surface area contributed by atoms with Crippen molar-refractivity contribution >= 4 is 34.2 Å². The topological polar surface area (TPSA) is 72.9 Å². The third-order valence-electron chi connectivity index (χ3n) is 3.44. The fraction of sp³-hybridized carbons (Fsp3) is 0.375. The molecule has 0 aliphatic rings. The number of halogens is 2. The Labute approximate surface area is 151 Å². The highest BCUT2D eigenvalue weighted by molar-refractivity contribution is 9.10. The first kappa shape index (κ1) is 19.7. The summed E-state index contributed by atoms with van der Waals surface area (Å²) in [6.07, 6.45) is 4.18. The molecule has 0 aliphatic heterocycles. The molecule has 2 rings (SSSR count). The van der Waals surface area contributed by atoms with Crippen molar-refractivity contribution in [2.24, 2.45) is 5.73 Å². The Bertz CT molecular complexity index is 628. The van der Waals surface area contributed by atoms with Crippen LogP contribution >= 0.6 is 28.3 Å². The molecule has 126 valence electrons. The Morgan fingerprint density at radius 3 is 2.61 bits per heavy atom. The Balaban J connectivity index is 0.00000264. The summed E-state index contributed by atoms with van der Waals surface area (Å²) < 4.78 is 2.83. The second-order valence-corrected chi connectivity index (χ2v) is 5.91. The lowest BCUT2D eigenvalue weighted by Crippen LogP contribution is -2.25. The zero-order chi connectivity index (χ0) is 15.9. The van der Waals surface area contributed by atoms with E-state index in [0.717, 1.165) is 35.1 Å². The molecule has 0 aliphatic carbocycles. The normalized spacial score (nSPS) is 10.2. The summed E-state index contributed by atoms with van der Waals surface area (Å²) in [5.41, 5.74) is 7.95. The molecule has 7 heteroatoms. The minimum Gasteiger partial charge on any atom is -0.352 e. The highest BCUT2D eigenvalue weighted by Crippen LogP contribution is 2.18. The SMILES string of the molecule is CCc1c(C(=O)NCCCCN)cnn1-c1ccc(Br)cc1.Cl. The fourth-order valence-corrected chi connectivity index (χ4v) is 2.54. The molecule has 0 saturated carbocycles. The van der Waals surface area contributed by atoms with Crippen molar-refractivity contribution in [2.75, 3.05) is 13.1 Å². The number of carbonyl (C=O) groups is 1. The number of amides is 1. The Morgan fingerprint density at radius 2 is 2.00 bits per heavy atom. The van der Waals surface area contributed by atoms with E-state index < -0.39 is 0 Å². The number of nitrogens with one attached hydrogen (secondary N) is 1. The van der Waals surface area contributed by atoms with E-state index >= 15 is 0 Å². The summed E-state index contributed by atoms with van der Waals surface area (Å²) in [6, 6.07) is 7.87. The molecule has 0 saturated heterocycles. The molecule has 23 heavy (non-hydrogen) atoms. The van der Waals surface area contributed by atoms with Crippen molar-refractivity contribution in [2.45, 2.75) is 26.2 Å². The molecular weight excluding hydrogens is 380 g/mol. The number of benzene rings is 1. The molecule has 0 radical (unpaired) electrons. The average Bonchev–Trinajstić information content (AvgIpc) is 2.96. The van der Waals surface area contributed by atoms with E-state index in [1.54, 1.807) is 6.20 Å². The summed E-state index contributed by atoms with van der Waals surface area (Å²) in [7, 11) is 0. The second kappa shape index (κ2) is 9.70. The predicted octanol–water partition coefficient (Wildman–Crippen LogP) is 3.09. The maximum Gasteiger partial charge on any atom is 0.254 e. The lowest BCUT2D eigenvalue weighted by molar-refractivity contribution is 0.0952. The van der Waals surface area contributed by atoms with Gasteiger partial charge in [-0.15, -0.1) is 12.4 Å². The minimum absolute atomic E-state index is 0. The predicted molar refractivity (Wildman–Crippen MR) is 98.5 cm³/mol. The van der Waals surface area contributed by atoms with Gasteiger partial charge in [0.2, 0.25) is 0 Å². The maximum atomic E-state index is 12.3. The van der Waals surface area contributed by atoms with Crippen LogP contribution in [0.5, 0.6) is 0 Å². The van der Waals surface area contributed by atoms with Crippen LogP contribution in [0.3, 0.4) is 0 Å². The standard InChI is InChI=1S/C16H21BrN4O.ClH/c1-2-15-14(16(22)19-10-4-3-9-18)11-20-21(15)13-7-5-12(17)6-8-13;/h5-8,11H,2-4,9-10,18H2,1H3,(H,19,22);1H. The van der Waals surface area contributed by atoms with Crippen LogP contribution < -0.4 is 11.1 Å². The van der Waals surface area contributed by atoms with Crippen molar-refractivity contribution in [1.29, 1.82) is 0 Å². The van der Waals surface area contributed by atoms with Crippen LogP contribution in [0.2, 0.25) is 0 Å². The van der Waals surface area contributed by atoms with Crippen LogP contribution in [0.25, 0.3) is 5.69 Å². The molecule has 0 fully saturated rings. The van der Waals surface area contributed by atoms with Crippen molar-refractivity contribution in [1.82, 2.24) is 15.1 Å². The average molecular weight is 402 g/mol. The Kier molecular flexibility index (Phi) is 8.30. The zero-order valence-electron chi connectivity index (χ0n) is 13.1. The van der Waals surface area contributed by atoms with E-state index in [1.807, 2.05) is 35.9 Å². The van der Waals surface area contributed by atoms with Crippen LogP contribution in [0.4, 0.5) is 0 Å². The first-order chi connectivity index (χ1) is 10.7. The van der Waals surface area contributed by atoms with Crippen LogP contribution in [0.1, 0.15) is 35.8 Å². The summed E-state index contributed by atoms with van der Waals surface area (Å²) in [5.74, 6) is -0.0720. The van der Waals surface area contributed by atoms with Crippen molar-refractivity contribution < 1.29 is 4.79 Å². The number of hydrogen-bond acceptors (Lipinski definition) is 3. The van der Waals surface area contributed by atoms with Gasteiger partial charge in [-0.2, -0.15) is 5.10 Å². The Hall–Kier alpha value is -1.37. The van der Waals surface area contributed by atoms with Crippen LogP contribution in [-0.4, -0.2) is 28.8 Å². The number of carbonyl (C=O) groups excluding carboxylic acids is 1. The quantitative estimate of drug-likeness (QED) is 0.700. The first-order valence-corrected chi connectivity index (χ1v) is 8.27. The van der Waals surface area contributed by atoms with Crippen molar-refractivity contribution in [3.8, 4) is 5.69 Å². The highest BCUT2D eigenvalue weighted by atomic mass is 79.9. The van der Waals surface area contributed by atoms with E-state index in [-0.39, 0.29) is 18.3 Å². The van der Waals surface area contributed by atoms with Gasteiger partial charge in [0.25, 0.3) is 5.91 Å². The summed E-state index contributed by atoms with van der Waals surface area (Å²) in [6.45, 7) is 3.32. The van der Waals surface area contributed by atoms with Crippen LogP contribution in [-0.2, 0) is 6.42 Å². The number of rotatable bonds is 7. The zero-order valence-corrected chi connectivity index (χ0v) is 15.5. The molecule has 2 aromatic rings. The van der Waals surface area contributed by atoms with Gasteiger partial charge in [-0.1, -0.05) is 22.9 Å². The van der Waals surface area contributed by atoms with Crippen LogP contribution in [0, 0.1) is 0 Å². The number of aromatic nitrogens is 2. The maximum absolute atomic E-state index is 12.3. The number of nitrogens with two attached hydrogens (primary N) is 1. The minimum atomic E-state index is -0.0720. The molecular formula is C16H22BrClN4O. The number of unbranched alkanes of at least 4 members (excludes halogenated alkanes) is 1. The van der Waals surface area contributed by atoms with E-state index in [9.17, 15) is 4.79 Å². The molecule has 0 bridgehead atoms. The summed E-state index contributed by atoms with van der Waals surface area (Å²) in [4.78, 5) is 12.3. The van der Waals surface area contributed by atoms with Gasteiger partial charge < -0.3 is 11.1 Å². The van der Waals surface area contributed by atoms with E-state index in [1.165, 1.54) is 0 Å². The van der Waals surface area contributed by atoms with Crippen molar-refractivity contribution in [3.05, 3.63) is 46.2 Å². The molecule has 5 nitrogen and oxygen atoms in total. The third kappa shape index (κ3) is 5.06. The van der Waals surface area contributed by atoms with Gasteiger partial charge in [-0.25, -0.2) is 4.68 Å². The first-order valence-electron chi connectivity index (χ1n) is 7.48. The van der Waals surface area contributed by atoms with Gasteiger partial charge in [0.1, 0.15) is 0 Å². The van der Waals surface area contributed by atoms with Gasteiger partial charge in [-0.3, -0.25) is 4.79 Å². The molecule has 0 spiro atoms. The smallest absolute Gasteiger partial charge is 0.254 e. The summed E-state index contributed by atoms with van der Waals surface area (Å²) in [5, 5.41) is 7.30. The van der Waals surface area contributed by atoms with E-state index in [0.29, 0.717) is 18.7 Å². The second-order valence-electron chi connectivity index (χ2n) is 5.00. The number of nitrogens with zero attached hydrogens (tertiary/aromatic N) is 2. The molecule has 0 atom stereocenters. The van der Waals surface area contributed by atoms with Gasteiger partial charge in [0, 0.05) is 11.0 Å². The van der Waals surface area contributed by atoms with E-state index in [4.69, 9.17) is 5.73 Å². The molecule has 1 aromatic heterocycles. The Morgan fingerprint density at radius 1 is 1.30 bits per heavy atom. The lowest BCUT2D eigenvalue weighted by Gasteiger charge is -2.08.